The summed E-state index contributed by atoms with van der Waals surface area (Å²) in [5.74, 6) is 0.805. The number of nitrogens with two attached hydrogens (primary N) is 1. The smallest absolute Gasteiger partial charge is 0.188 e. The molecule has 78 valence electrons. The van der Waals surface area contributed by atoms with Crippen LogP contribution in [0.3, 0.4) is 0 Å². The van der Waals surface area contributed by atoms with Crippen LogP contribution < -0.4 is 10.5 Å². The first-order valence-corrected chi connectivity index (χ1v) is 4.75. The molecular weight excluding hydrogens is 178 g/mol. The van der Waals surface area contributed by atoms with E-state index < -0.39 is 0 Å². The van der Waals surface area contributed by atoms with Crippen molar-refractivity contribution in [2.45, 2.75) is 19.4 Å². The minimum atomic E-state index is 0.117. The van der Waals surface area contributed by atoms with E-state index in [2.05, 4.69) is 6.92 Å². The molecule has 3 nitrogen and oxygen atoms in total. The van der Waals surface area contributed by atoms with Crippen LogP contribution in [0, 0.1) is 0 Å². The Morgan fingerprint density at radius 2 is 1.93 bits per heavy atom. The molecule has 0 saturated heterocycles. The van der Waals surface area contributed by atoms with Crippen molar-refractivity contribution in [2.75, 3.05) is 13.9 Å². The SMILES string of the molecule is CCC(N)c1ccc(OCOC)cc1. The predicted molar refractivity (Wildman–Crippen MR) is 56.2 cm³/mol. The maximum absolute atomic E-state index is 5.88. The minimum Gasteiger partial charge on any atom is -0.468 e. The molecule has 1 unspecified atom stereocenters. The van der Waals surface area contributed by atoms with Gasteiger partial charge in [-0.05, 0) is 24.1 Å². The van der Waals surface area contributed by atoms with Crippen molar-refractivity contribution >= 4 is 0 Å². The van der Waals surface area contributed by atoms with Gasteiger partial charge in [0.15, 0.2) is 6.79 Å². The minimum absolute atomic E-state index is 0.117. The highest BCUT2D eigenvalue weighted by Gasteiger charge is 2.02. The van der Waals surface area contributed by atoms with E-state index in [9.17, 15) is 0 Å². The fourth-order valence-corrected chi connectivity index (χ4v) is 1.17. The molecule has 3 heteroatoms. The van der Waals surface area contributed by atoms with Crippen LogP contribution in [-0.4, -0.2) is 13.9 Å². The van der Waals surface area contributed by atoms with Gasteiger partial charge in [0.05, 0.1) is 0 Å². The second-order valence-corrected chi connectivity index (χ2v) is 3.13. The second-order valence-electron chi connectivity index (χ2n) is 3.13. The average molecular weight is 195 g/mol. The van der Waals surface area contributed by atoms with Gasteiger partial charge >= 0.3 is 0 Å². The Balaban J connectivity index is 2.59. The van der Waals surface area contributed by atoms with Gasteiger partial charge in [0.25, 0.3) is 0 Å². The monoisotopic (exact) mass is 195 g/mol. The first-order chi connectivity index (χ1) is 6.77. The predicted octanol–water partition coefficient (Wildman–Crippen LogP) is 2.08. The number of hydrogen-bond donors (Lipinski definition) is 1. The second kappa shape index (κ2) is 5.62. The maximum Gasteiger partial charge on any atom is 0.188 e. The molecule has 0 bridgehead atoms. The summed E-state index contributed by atoms with van der Waals surface area (Å²) in [6.07, 6.45) is 0.943. The molecule has 1 aromatic carbocycles. The van der Waals surface area contributed by atoms with E-state index in [1.54, 1.807) is 7.11 Å². The van der Waals surface area contributed by atoms with Gasteiger partial charge in [-0.15, -0.1) is 0 Å². The van der Waals surface area contributed by atoms with Gasteiger partial charge in [-0.3, -0.25) is 0 Å². The summed E-state index contributed by atoms with van der Waals surface area (Å²) in [5, 5.41) is 0. The van der Waals surface area contributed by atoms with E-state index in [0.29, 0.717) is 0 Å². The molecule has 0 fully saturated rings. The van der Waals surface area contributed by atoms with Gasteiger partial charge in [-0.2, -0.15) is 0 Å². The molecule has 0 aliphatic rings. The Morgan fingerprint density at radius 3 is 2.43 bits per heavy atom. The third kappa shape index (κ3) is 3.01. The lowest BCUT2D eigenvalue weighted by Gasteiger charge is -2.10. The number of hydrogen-bond acceptors (Lipinski definition) is 3. The van der Waals surface area contributed by atoms with Crippen LogP contribution >= 0.6 is 0 Å². The molecule has 1 atom stereocenters. The molecule has 14 heavy (non-hydrogen) atoms. The van der Waals surface area contributed by atoms with Gasteiger partial charge in [-0.25, -0.2) is 0 Å². The first kappa shape index (κ1) is 11.0. The molecule has 1 rings (SSSR count). The van der Waals surface area contributed by atoms with Crippen molar-refractivity contribution in [1.82, 2.24) is 0 Å². The van der Waals surface area contributed by atoms with Crippen LogP contribution in [0.4, 0.5) is 0 Å². The van der Waals surface area contributed by atoms with Gasteiger partial charge < -0.3 is 15.2 Å². The van der Waals surface area contributed by atoms with Crippen molar-refractivity contribution in [3.8, 4) is 5.75 Å². The van der Waals surface area contributed by atoms with Crippen molar-refractivity contribution < 1.29 is 9.47 Å². The van der Waals surface area contributed by atoms with Crippen molar-refractivity contribution in [1.29, 1.82) is 0 Å². The topological polar surface area (TPSA) is 44.5 Å². The molecule has 0 spiro atoms. The lowest BCUT2D eigenvalue weighted by Crippen LogP contribution is -2.08. The largest absolute Gasteiger partial charge is 0.468 e. The fraction of sp³-hybridized carbons (Fsp3) is 0.455. The number of benzene rings is 1. The van der Waals surface area contributed by atoms with Gasteiger partial charge in [0, 0.05) is 13.2 Å². The molecule has 0 saturated carbocycles. The Morgan fingerprint density at radius 1 is 1.29 bits per heavy atom. The van der Waals surface area contributed by atoms with Crippen molar-refractivity contribution in [3.63, 3.8) is 0 Å². The van der Waals surface area contributed by atoms with Gasteiger partial charge in [0.1, 0.15) is 5.75 Å². The quantitative estimate of drug-likeness (QED) is 0.731. The molecule has 0 amide bonds. The number of ether oxygens (including phenoxy) is 2. The average Bonchev–Trinajstić information content (AvgIpc) is 2.26. The molecule has 0 aliphatic carbocycles. The highest BCUT2D eigenvalue weighted by Crippen LogP contribution is 2.17. The summed E-state index contributed by atoms with van der Waals surface area (Å²) in [7, 11) is 1.60. The van der Waals surface area contributed by atoms with Crippen LogP contribution in [-0.2, 0) is 4.74 Å². The summed E-state index contributed by atoms with van der Waals surface area (Å²) in [6, 6.07) is 7.90. The summed E-state index contributed by atoms with van der Waals surface area (Å²) < 4.78 is 10.1. The van der Waals surface area contributed by atoms with E-state index >= 15 is 0 Å². The Labute approximate surface area is 84.8 Å². The molecule has 0 heterocycles. The Bertz CT molecular complexity index is 258. The number of rotatable bonds is 5. The fourth-order valence-electron chi connectivity index (χ4n) is 1.17. The van der Waals surface area contributed by atoms with Gasteiger partial charge in [-0.1, -0.05) is 19.1 Å². The van der Waals surface area contributed by atoms with Crippen LogP contribution in [0.15, 0.2) is 24.3 Å². The summed E-state index contributed by atoms with van der Waals surface area (Å²) in [5.41, 5.74) is 7.02. The standard InChI is InChI=1S/C11H17NO2/c1-3-11(12)9-4-6-10(7-5-9)14-8-13-2/h4-7,11H,3,8,12H2,1-2H3. The lowest BCUT2D eigenvalue weighted by atomic mass is 10.1. The van der Waals surface area contributed by atoms with Crippen LogP contribution in [0.5, 0.6) is 5.75 Å². The van der Waals surface area contributed by atoms with E-state index in [1.165, 1.54) is 0 Å². The molecule has 2 N–H and O–H groups in total. The maximum atomic E-state index is 5.88. The Hall–Kier alpha value is -1.06. The molecule has 0 aliphatic heterocycles. The van der Waals surface area contributed by atoms with E-state index in [0.717, 1.165) is 17.7 Å². The zero-order chi connectivity index (χ0) is 10.4. The highest BCUT2D eigenvalue weighted by atomic mass is 16.7. The third-order valence-corrected chi connectivity index (χ3v) is 2.09. The molecule has 1 aromatic rings. The van der Waals surface area contributed by atoms with Crippen LogP contribution in [0.1, 0.15) is 24.9 Å². The van der Waals surface area contributed by atoms with E-state index in [-0.39, 0.29) is 12.8 Å². The normalized spacial score (nSPS) is 12.5. The molecule has 0 aromatic heterocycles. The third-order valence-electron chi connectivity index (χ3n) is 2.09. The van der Waals surface area contributed by atoms with Crippen LogP contribution in [0.2, 0.25) is 0 Å². The summed E-state index contributed by atoms with van der Waals surface area (Å²) >= 11 is 0. The molecule has 0 radical (unpaired) electrons. The lowest BCUT2D eigenvalue weighted by molar-refractivity contribution is 0.0511. The Kier molecular flexibility index (Phi) is 4.43. The van der Waals surface area contributed by atoms with E-state index in [4.69, 9.17) is 15.2 Å². The zero-order valence-corrected chi connectivity index (χ0v) is 8.69. The van der Waals surface area contributed by atoms with Gasteiger partial charge in [0.2, 0.25) is 0 Å². The van der Waals surface area contributed by atoms with Crippen molar-refractivity contribution in [3.05, 3.63) is 29.8 Å². The first-order valence-electron chi connectivity index (χ1n) is 4.75. The molecular formula is C11H17NO2. The number of methoxy groups -OCH3 is 1. The highest BCUT2D eigenvalue weighted by molar-refractivity contribution is 5.28. The zero-order valence-electron chi connectivity index (χ0n) is 8.69. The van der Waals surface area contributed by atoms with Crippen molar-refractivity contribution in [2.24, 2.45) is 5.73 Å². The van der Waals surface area contributed by atoms with E-state index in [1.807, 2.05) is 24.3 Å². The van der Waals surface area contributed by atoms with Crippen LogP contribution in [0.25, 0.3) is 0 Å². The summed E-state index contributed by atoms with van der Waals surface area (Å²) in [6.45, 7) is 2.35. The summed E-state index contributed by atoms with van der Waals surface area (Å²) in [4.78, 5) is 0.